The fraction of sp³-hybridized carbons (Fsp3) is 0.357. The lowest BCUT2D eigenvalue weighted by atomic mass is 10.1. The molecule has 0 aromatic heterocycles. The predicted octanol–water partition coefficient (Wildman–Crippen LogP) is 0.767. The third-order valence-electron chi connectivity index (χ3n) is 2.82. The molecule has 0 aliphatic carbocycles. The van der Waals surface area contributed by atoms with Gasteiger partial charge in [-0.25, -0.2) is 9.59 Å². The highest BCUT2D eigenvalue weighted by Gasteiger charge is 2.21. The normalized spacial score (nSPS) is 11.4. The van der Waals surface area contributed by atoms with E-state index in [2.05, 4.69) is 10.6 Å². The minimum absolute atomic E-state index is 0.192. The first-order valence-electron chi connectivity index (χ1n) is 6.61. The maximum Gasteiger partial charge on any atom is 0.330 e. The summed E-state index contributed by atoms with van der Waals surface area (Å²) >= 11 is 0. The first kappa shape index (κ1) is 16.5. The summed E-state index contributed by atoms with van der Waals surface area (Å²) in [5.41, 5.74) is 5.43. The van der Waals surface area contributed by atoms with Crippen molar-refractivity contribution in [3.8, 4) is 0 Å². The van der Waals surface area contributed by atoms with Gasteiger partial charge in [0.25, 0.3) is 0 Å². The molecule has 1 atom stereocenters. The van der Waals surface area contributed by atoms with Gasteiger partial charge in [0.1, 0.15) is 0 Å². The molecule has 3 amide bonds. The van der Waals surface area contributed by atoms with Crippen LogP contribution in [0.15, 0.2) is 30.3 Å². The minimum Gasteiger partial charge on any atom is -0.479 e. The van der Waals surface area contributed by atoms with Crippen molar-refractivity contribution in [1.82, 2.24) is 10.6 Å². The Hall–Kier alpha value is -2.57. The molecule has 7 heteroatoms. The molecule has 21 heavy (non-hydrogen) atoms. The molecule has 0 spiro atoms. The zero-order valence-electron chi connectivity index (χ0n) is 11.5. The monoisotopic (exact) mass is 293 g/mol. The molecular weight excluding hydrogens is 274 g/mol. The molecule has 1 aromatic rings. The highest BCUT2D eigenvalue weighted by molar-refractivity contribution is 5.84. The van der Waals surface area contributed by atoms with Crippen molar-refractivity contribution in [1.29, 1.82) is 0 Å². The molecule has 0 heterocycles. The van der Waals surface area contributed by atoms with Crippen molar-refractivity contribution < 1.29 is 19.5 Å². The van der Waals surface area contributed by atoms with Gasteiger partial charge in [-0.3, -0.25) is 4.79 Å². The van der Waals surface area contributed by atoms with Crippen LogP contribution in [0.25, 0.3) is 0 Å². The van der Waals surface area contributed by atoms with Gasteiger partial charge in [-0.1, -0.05) is 30.3 Å². The van der Waals surface area contributed by atoms with Crippen molar-refractivity contribution >= 4 is 17.9 Å². The van der Waals surface area contributed by atoms with Gasteiger partial charge in [0.05, 0.1) is 0 Å². The zero-order valence-corrected chi connectivity index (χ0v) is 11.5. The molecule has 0 fully saturated rings. The standard InChI is InChI=1S/C14H19N3O4/c15-14(21)16-9-5-4-8-11(18)17-12(13(19)20)10-6-2-1-3-7-10/h1-3,6-7,12H,4-5,8-9H2,(H,17,18)(H,19,20)(H3,15,16,21)/t12-/m0/s1. The molecule has 114 valence electrons. The van der Waals surface area contributed by atoms with Crippen LogP contribution in [-0.2, 0) is 9.59 Å². The SMILES string of the molecule is NC(=O)NCCCCC(=O)N[C@H](C(=O)O)c1ccccc1. The van der Waals surface area contributed by atoms with E-state index in [0.717, 1.165) is 0 Å². The largest absolute Gasteiger partial charge is 0.479 e. The average molecular weight is 293 g/mol. The number of unbranched alkanes of at least 4 members (excludes halogenated alkanes) is 1. The highest BCUT2D eigenvalue weighted by Crippen LogP contribution is 2.13. The second-order valence-corrected chi connectivity index (χ2v) is 4.50. The lowest BCUT2D eigenvalue weighted by Gasteiger charge is -2.14. The maximum absolute atomic E-state index is 11.7. The minimum atomic E-state index is -1.11. The lowest BCUT2D eigenvalue weighted by Crippen LogP contribution is -2.34. The Morgan fingerprint density at radius 2 is 1.81 bits per heavy atom. The fourth-order valence-corrected chi connectivity index (χ4v) is 1.79. The van der Waals surface area contributed by atoms with E-state index in [1.54, 1.807) is 30.3 Å². The average Bonchev–Trinajstić information content (AvgIpc) is 2.44. The van der Waals surface area contributed by atoms with E-state index in [1.807, 2.05) is 0 Å². The van der Waals surface area contributed by atoms with Gasteiger partial charge in [0.15, 0.2) is 6.04 Å². The number of benzene rings is 1. The number of amides is 3. The predicted molar refractivity (Wildman–Crippen MR) is 76.4 cm³/mol. The molecule has 0 saturated carbocycles. The highest BCUT2D eigenvalue weighted by atomic mass is 16.4. The second-order valence-electron chi connectivity index (χ2n) is 4.50. The molecule has 0 bridgehead atoms. The van der Waals surface area contributed by atoms with Gasteiger partial charge >= 0.3 is 12.0 Å². The Morgan fingerprint density at radius 3 is 2.38 bits per heavy atom. The van der Waals surface area contributed by atoms with Gasteiger partial charge in [-0.2, -0.15) is 0 Å². The fourth-order valence-electron chi connectivity index (χ4n) is 1.79. The summed E-state index contributed by atoms with van der Waals surface area (Å²) in [7, 11) is 0. The van der Waals surface area contributed by atoms with Crippen molar-refractivity contribution in [3.05, 3.63) is 35.9 Å². The number of primary amides is 1. The zero-order chi connectivity index (χ0) is 15.7. The number of carbonyl (C=O) groups is 3. The van der Waals surface area contributed by atoms with Crippen LogP contribution in [0.5, 0.6) is 0 Å². The quantitative estimate of drug-likeness (QED) is 0.529. The first-order valence-corrected chi connectivity index (χ1v) is 6.61. The number of carboxylic acid groups (broad SMARTS) is 1. The van der Waals surface area contributed by atoms with Crippen LogP contribution in [0.3, 0.4) is 0 Å². The Balaban J connectivity index is 2.40. The van der Waals surface area contributed by atoms with Crippen LogP contribution in [-0.4, -0.2) is 29.6 Å². The van der Waals surface area contributed by atoms with Gasteiger partial charge < -0.3 is 21.5 Å². The van der Waals surface area contributed by atoms with Crippen molar-refractivity contribution in [2.45, 2.75) is 25.3 Å². The molecular formula is C14H19N3O4. The van der Waals surface area contributed by atoms with Gasteiger partial charge in [-0.15, -0.1) is 0 Å². The van der Waals surface area contributed by atoms with Crippen LogP contribution >= 0.6 is 0 Å². The van der Waals surface area contributed by atoms with E-state index in [1.165, 1.54) is 0 Å². The number of urea groups is 1. The first-order chi connectivity index (χ1) is 10.0. The molecule has 0 radical (unpaired) electrons. The number of rotatable bonds is 8. The molecule has 0 aliphatic heterocycles. The van der Waals surface area contributed by atoms with Crippen LogP contribution in [0.2, 0.25) is 0 Å². The van der Waals surface area contributed by atoms with E-state index in [0.29, 0.717) is 24.9 Å². The number of hydrogen-bond acceptors (Lipinski definition) is 3. The van der Waals surface area contributed by atoms with E-state index < -0.39 is 18.0 Å². The number of carbonyl (C=O) groups excluding carboxylic acids is 2. The van der Waals surface area contributed by atoms with Crippen LogP contribution < -0.4 is 16.4 Å². The summed E-state index contributed by atoms with van der Waals surface area (Å²) in [6, 6.07) is 6.85. The topological polar surface area (TPSA) is 122 Å². The summed E-state index contributed by atoms with van der Waals surface area (Å²) in [5, 5.41) is 14.1. The van der Waals surface area contributed by atoms with Crippen molar-refractivity contribution in [3.63, 3.8) is 0 Å². The summed E-state index contributed by atoms with van der Waals surface area (Å²) < 4.78 is 0. The summed E-state index contributed by atoms with van der Waals surface area (Å²) in [6.45, 7) is 0.393. The van der Waals surface area contributed by atoms with E-state index in [-0.39, 0.29) is 12.3 Å². The number of aliphatic carboxylic acids is 1. The Kier molecular flexibility index (Phi) is 6.73. The number of carboxylic acids is 1. The van der Waals surface area contributed by atoms with Crippen molar-refractivity contribution in [2.75, 3.05) is 6.54 Å². The molecule has 0 unspecified atom stereocenters. The van der Waals surface area contributed by atoms with Gasteiger partial charge in [0.2, 0.25) is 5.91 Å². The van der Waals surface area contributed by atoms with Crippen LogP contribution in [0, 0.1) is 0 Å². The number of hydrogen-bond donors (Lipinski definition) is 4. The van der Waals surface area contributed by atoms with Crippen LogP contribution in [0.1, 0.15) is 30.9 Å². The van der Waals surface area contributed by atoms with Gasteiger partial charge in [0, 0.05) is 13.0 Å². The second kappa shape index (κ2) is 8.57. The molecule has 0 saturated heterocycles. The summed E-state index contributed by atoms with van der Waals surface area (Å²) in [4.78, 5) is 33.4. The Bertz CT molecular complexity index is 490. The van der Waals surface area contributed by atoms with E-state index in [4.69, 9.17) is 5.73 Å². The summed E-state index contributed by atoms with van der Waals surface area (Å²) in [5.74, 6) is -1.45. The van der Waals surface area contributed by atoms with E-state index in [9.17, 15) is 19.5 Å². The smallest absolute Gasteiger partial charge is 0.330 e. The van der Waals surface area contributed by atoms with E-state index >= 15 is 0 Å². The van der Waals surface area contributed by atoms with Gasteiger partial charge in [-0.05, 0) is 18.4 Å². The number of nitrogens with two attached hydrogens (primary N) is 1. The molecule has 5 N–H and O–H groups in total. The number of nitrogens with one attached hydrogen (secondary N) is 2. The Labute approximate surface area is 122 Å². The molecule has 7 nitrogen and oxygen atoms in total. The Morgan fingerprint density at radius 1 is 1.14 bits per heavy atom. The third-order valence-corrected chi connectivity index (χ3v) is 2.82. The molecule has 1 rings (SSSR count). The van der Waals surface area contributed by atoms with Crippen molar-refractivity contribution in [2.24, 2.45) is 5.73 Å². The lowest BCUT2D eigenvalue weighted by molar-refractivity contribution is -0.142. The van der Waals surface area contributed by atoms with Crippen LogP contribution in [0.4, 0.5) is 4.79 Å². The third kappa shape index (κ3) is 6.42. The molecule has 0 aliphatic rings. The molecule has 1 aromatic carbocycles. The maximum atomic E-state index is 11.7. The summed E-state index contributed by atoms with van der Waals surface area (Å²) in [6.07, 6.45) is 1.32.